The van der Waals surface area contributed by atoms with E-state index in [1.165, 1.54) is 30.3 Å². The summed E-state index contributed by atoms with van der Waals surface area (Å²) in [4.78, 5) is 31.0. The highest BCUT2D eigenvalue weighted by atomic mass is 31.2. The van der Waals surface area contributed by atoms with Crippen molar-refractivity contribution >= 4 is 19.2 Å². The van der Waals surface area contributed by atoms with Crippen LogP contribution in [-0.2, 0) is 4.57 Å². The molecule has 0 radical (unpaired) electrons. The van der Waals surface area contributed by atoms with E-state index in [2.05, 4.69) is 0 Å². The van der Waals surface area contributed by atoms with Crippen LogP contribution in [-0.4, -0.2) is 25.8 Å². The van der Waals surface area contributed by atoms with Crippen molar-refractivity contribution in [1.29, 1.82) is 0 Å². The molecule has 0 bridgehead atoms. The molecule has 0 saturated carbocycles. The lowest BCUT2D eigenvalue weighted by molar-refractivity contribution is 0.0957. The Bertz CT molecular complexity index is 784. The van der Waals surface area contributed by atoms with Gasteiger partial charge in [-0.3, -0.25) is 9.88 Å². The molecule has 1 unspecified atom stereocenters. The maximum Gasteiger partial charge on any atom is 0.427 e. The lowest BCUT2D eigenvalue weighted by atomic mass is 9.88. The van der Waals surface area contributed by atoms with E-state index in [9.17, 15) is 19.6 Å². The Labute approximate surface area is 138 Å². The molecule has 0 aromatic heterocycles. The highest BCUT2D eigenvalue weighted by molar-refractivity contribution is 7.53. The molecule has 1 atom stereocenters. The number of carbonyl (C=O) groups excluding carboxylic acids is 1. The predicted molar refractivity (Wildman–Crippen MR) is 89.2 cm³/mol. The van der Waals surface area contributed by atoms with Crippen LogP contribution in [0.25, 0.3) is 0 Å². The maximum absolute atomic E-state index is 12.9. The van der Waals surface area contributed by atoms with Gasteiger partial charge in [-0.05, 0) is 42.3 Å². The van der Waals surface area contributed by atoms with Gasteiger partial charge >= 0.3 is 7.75 Å². The second-order valence-corrected chi connectivity index (χ2v) is 6.61. The van der Waals surface area contributed by atoms with Gasteiger partial charge in [-0.2, -0.15) is 0 Å². The van der Waals surface area contributed by atoms with Crippen molar-refractivity contribution < 1.29 is 29.4 Å². The summed E-state index contributed by atoms with van der Waals surface area (Å²) in [6.45, 7) is 1.80. The molecule has 7 nitrogen and oxygen atoms in total. The van der Waals surface area contributed by atoms with Crippen molar-refractivity contribution in [3.63, 3.8) is 0 Å². The first-order chi connectivity index (χ1) is 11.2. The molecule has 8 heteroatoms. The number of anilines is 1. The molecule has 0 fully saturated rings. The maximum atomic E-state index is 12.9. The van der Waals surface area contributed by atoms with E-state index < -0.39 is 19.4 Å². The summed E-state index contributed by atoms with van der Waals surface area (Å²) < 4.78 is 11.2. The zero-order valence-electron chi connectivity index (χ0n) is 12.9. The van der Waals surface area contributed by atoms with Gasteiger partial charge in [0.1, 0.15) is 11.5 Å². The molecule has 24 heavy (non-hydrogen) atoms. The molecule has 5 N–H and O–H groups in total. The Balaban J connectivity index is 2.44. The number of benzene rings is 2. The van der Waals surface area contributed by atoms with E-state index in [4.69, 9.17) is 9.79 Å². The zero-order valence-corrected chi connectivity index (χ0v) is 13.8. The number of Topliss-reactive ketones (excluding diaryl/α,β-unsaturated/α-hetero) is 1. The van der Waals surface area contributed by atoms with Crippen LogP contribution >= 0.6 is 7.75 Å². The normalized spacial score (nSPS) is 12.6. The molecular formula is C16H18NO6P. The molecule has 128 valence electrons. The Morgan fingerprint density at radius 1 is 1.08 bits per heavy atom. The molecule has 0 heterocycles. The van der Waals surface area contributed by atoms with Gasteiger partial charge in [-0.1, -0.05) is 19.1 Å². The molecule has 2 aromatic rings. The number of ketones is 1. The molecule has 0 aliphatic rings. The van der Waals surface area contributed by atoms with Gasteiger partial charge in [0.15, 0.2) is 5.78 Å². The van der Waals surface area contributed by atoms with Crippen LogP contribution in [0.2, 0.25) is 0 Å². The monoisotopic (exact) mass is 351 g/mol. The standard InChI is InChI=1S/C16H18NO6P/c1-2-13(10-3-5-11(18)6-4-10)16(20)14-9-12(19)7-8-15(14)17-24(21,22)23/h3-9,13,18-19H,2H2,1H3,(H3,17,21,22,23). The first kappa shape index (κ1) is 18.0. The van der Waals surface area contributed by atoms with Gasteiger partial charge in [0, 0.05) is 11.5 Å². The summed E-state index contributed by atoms with van der Waals surface area (Å²) in [5, 5.41) is 21.0. The summed E-state index contributed by atoms with van der Waals surface area (Å²) >= 11 is 0. The molecule has 2 aromatic carbocycles. The third-order valence-electron chi connectivity index (χ3n) is 3.55. The fourth-order valence-electron chi connectivity index (χ4n) is 2.46. The number of hydrogen-bond acceptors (Lipinski definition) is 4. The predicted octanol–water partition coefficient (Wildman–Crippen LogP) is 2.98. The van der Waals surface area contributed by atoms with Crippen LogP contribution in [0.1, 0.15) is 35.2 Å². The summed E-state index contributed by atoms with van der Waals surface area (Å²) in [7, 11) is -4.60. The van der Waals surface area contributed by atoms with Crippen molar-refractivity contribution in [2.45, 2.75) is 19.3 Å². The van der Waals surface area contributed by atoms with Gasteiger partial charge in [-0.15, -0.1) is 0 Å². The number of aromatic hydroxyl groups is 2. The quantitative estimate of drug-likeness (QED) is 0.307. The lowest BCUT2D eigenvalue weighted by Gasteiger charge is -2.18. The summed E-state index contributed by atoms with van der Waals surface area (Å²) in [5.74, 6) is -1.09. The Morgan fingerprint density at radius 2 is 1.67 bits per heavy atom. The Kier molecular flexibility index (Phi) is 5.29. The van der Waals surface area contributed by atoms with Crippen molar-refractivity contribution in [3.8, 4) is 11.5 Å². The van der Waals surface area contributed by atoms with Crippen molar-refractivity contribution in [2.24, 2.45) is 0 Å². The third-order valence-corrected chi connectivity index (χ3v) is 4.09. The molecule has 0 saturated heterocycles. The van der Waals surface area contributed by atoms with Crippen LogP contribution in [0, 0.1) is 0 Å². The number of hydrogen-bond donors (Lipinski definition) is 5. The average molecular weight is 351 g/mol. The first-order valence-corrected chi connectivity index (χ1v) is 8.82. The Morgan fingerprint density at radius 3 is 2.21 bits per heavy atom. The molecule has 2 rings (SSSR count). The minimum atomic E-state index is -4.60. The topological polar surface area (TPSA) is 127 Å². The highest BCUT2D eigenvalue weighted by Gasteiger charge is 2.25. The number of nitrogens with one attached hydrogen (secondary N) is 1. The molecule has 0 amide bonds. The van der Waals surface area contributed by atoms with Crippen molar-refractivity contribution in [3.05, 3.63) is 53.6 Å². The minimum Gasteiger partial charge on any atom is -0.508 e. The van der Waals surface area contributed by atoms with Crippen LogP contribution in [0.4, 0.5) is 5.69 Å². The van der Waals surface area contributed by atoms with Gasteiger partial charge < -0.3 is 20.0 Å². The van der Waals surface area contributed by atoms with Crippen LogP contribution < -0.4 is 5.09 Å². The zero-order chi connectivity index (χ0) is 17.9. The molecular weight excluding hydrogens is 333 g/mol. The fourth-order valence-corrected chi connectivity index (χ4v) is 2.97. The van der Waals surface area contributed by atoms with E-state index in [0.717, 1.165) is 0 Å². The largest absolute Gasteiger partial charge is 0.508 e. The average Bonchev–Trinajstić information content (AvgIpc) is 2.50. The first-order valence-electron chi connectivity index (χ1n) is 7.21. The van der Waals surface area contributed by atoms with Crippen LogP contribution in [0.5, 0.6) is 11.5 Å². The number of phenols is 2. The minimum absolute atomic E-state index is 0.0155. The number of phenolic OH excluding ortho intramolecular Hbond substituents is 2. The third kappa shape index (κ3) is 4.35. The van der Waals surface area contributed by atoms with Gasteiger partial charge in [0.25, 0.3) is 0 Å². The van der Waals surface area contributed by atoms with Crippen LogP contribution in [0.3, 0.4) is 0 Å². The SMILES string of the molecule is CCC(C(=O)c1cc(O)ccc1NP(=O)(O)O)c1ccc(O)cc1. The molecule has 0 aliphatic heterocycles. The number of rotatable bonds is 6. The van der Waals surface area contributed by atoms with E-state index in [-0.39, 0.29) is 22.7 Å². The summed E-state index contributed by atoms with van der Waals surface area (Å²) in [6, 6.07) is 9.79. The van der Waals surface area contributed by atoms with E-state index in [1.54, 1.807) is 19.1 Å². The highest BCUT2D eigenvalue weighted by Crippen LogP contribution is 2.39. The summed E-state index contributed by atoms with van der Waals surface area (Å²) in [5.41, 5.74) is 0.590. The van der Waals surface area contributed by atoms with Gasteiger partial charge in [0.05, 0.1) is 5.69 Å². The van der Waals surface area contributed by atoms with Crippen LogP contribution in [0.15, 0.2) is 42.5 Å². The molecule has 0 spiro atoms. The smallest absolute Gasteiger partial charge is 0.427 e. The van der Waals surface area contributed by atoms with Crippen molar-refractivity contribution in [1.82, 2.24) is 0 Å². The summed E-state index contributed by atoms with van der Waals surface area (Å²) in [6.07, 6.45) is 0.439. The van der Waals surface area contributed by atoms with Gasteiger partial charge in [0.2, 0.25) is 0 Å². The van der Waals surface area contributed by atoms with E-state index in [1.807, 2.05) is 5.09 Å². The fraction of sp³-hybridized carbons (Fsp3) is 0.188. The van der Waals surface area contributed by atoms with E-state index >= 15 is 0 Å². The van der Waals surface area contributed by atoms with E-state index in [0.29, 0.717) is 12.0 Å². The second-order valence-electron chi connectivity index (χ2n) is 5.30. The van der Waals surface area contributed by atoms with Gasteiger partial charge in [-0.25, -0.2) is 4.57 Å². The lowest BCUT2D eigenvalue weighted by Crippen LogP contribution is -2.14. The second kappa shape index (κ2) is 7.05. The number of carbonyl (C=O) groups is 1. The van der Waals surface area contributed by atoms with Crippen molar-refractivity contribution in [2.75, 3.05) is 5.09 Å². The Hall–Kier alpha value is -2.34. The molecule has 0 aliphatic carbocycles.